The van der Waals surface area contributed by atoms with Gasteiger partial charge in [0.15, 0.2) is 0 Å². The molecule has 0 atom stereocenters. The van der Waals surface area contributed by atoms with Crippen LogP contribution in [0.25, 0.3) is 0 Å². The molecule has 1 heterocycles. The minimum Gasteiger partial charge on any atom is -0.317 e. The van der Waals surface area contributed by atoms with Gasteiger partial charge in [-0.05, 0) is 18.4 Å². The Morgan fingerprint density at radius 1 is 1.20 bits per heavy atom. The summed E-state index contributed by atoms with van der Waals surface area (Å²) >= 11 is 0. The lowest BCUT2D eigenvalue weighted by molar-refractivity contribution is 0.0806. The second kappa shape index (κ2) is 5.26. The Morgan fingerprint density at radius 2 is 1.87 bits per heavy atom. The van der Waals surface area contributed by atoms with Crippen LogP contribution in [0.2, 0.25) is 0 Å². The summed E-state index contributed by atoms with van der Waals surface area (Å²) in [4.78, 5) is 2.43. The zero-order valence-corrected chi connectivity index (χ0v) is 8.89. The predicted octanol–water partition coefficient (Wildman–Crippen LogP) is 1.63. The minimum absolute atomic E-state index is 0.289. The van der Waals surface area contributed by atoms with Gasteiger partial charge in [0.2, 0.25) is 0 Å². The van der Waals surface area contributed by atoms with Gasteiger partial charge in [-0.1, -0.05) is 30.3 Å². The number of benzene rings is 1. The van der Waals surface area contributed by atoms with Crippen LogP contribution in [-0.2, 0) is 6.54 Å². The van der Waals surface area contributed by atoms with E-state index < -0.39 is 0 Å². The average molecular weight is 206 g/mol. The molecule has 3 nitrogen and oxygen atoms in total. The molecule has 0 radical (unpaired) electrons. The van der Waals surface area contributed by atoms with Crippen LogP contribution in [0.4, 0.5) is 0 Å². The molecule has 0 bridgehead atoms. The van der Waals surface area contributed by atoms with Crippen LogP contribution in [0.15, 0.2) is 30.3 Å². The van der Waals surface area contributed by atoms with Crippen molar-refractivity contribution < 1.29 is 5.21 Å². The number of hydroxylamine groups is 1. The third-order valence-electron chi connectivity index (χ3n) is 3.02. The Morgan fingerprint density at radius 3 is 2.47 bits per heavy atom. The van der Waals surface area contributed by atoms with E-state index in [2.05, 4.69) is 34.6 Å². The second-order valence-electron chi connectivity index (χ2n) is 4.17. The molecule has 1 aromatic carbocycles. The van der Waals surface area contributed by atoms with Crippen LogP contribution < -0.4 is 5.48 Å². The second-order valence-corrected chi connectivity index (χ2v) is 4.17. The highest BCUT2D eigenvalue weighted by Crippen LogP contribution is 2.13. The van der Waals surface area contributed by atoms with Gasteiger partial charge in [-0.15, -0.1) is 0 Å². The summed E-state index contributed by atoms with van der Waals surface area (Å²) in [6.45, 7) is 3.15. The first-order valence-electron chi connectivity index (χ1n) is 5.54. The van der Waals surface area contributed by atoms with Crippen molar-refractivity contribution in [2.45, 2.75) is 25.4 Å². The van der Waals surface area contributed by atoms with Gasteiger partial charge in [0, 0.05) is 25.7 Å². The molecule has 1 saturated heterocycles. The Kier molecular flexibility index (Phi) is 3.72. The van der Waals surface area contributed by atoms with E-state index in [4.69, 9.17) is 5.21 Å². The molecule has 0 unspecified atom stereocenters. The van der Waals surface area contributed by atoms with Crippen LogP contribution in [0.1, 0.15) is 18.4 Å². The van der Waals surface area contributed by atoms with Gasteiger partial charge in [-0.25, -0.2) is 5.48 Å². The highest BCUT2D eigenvalue weighted by molar-refractivity contribution is 5.14. The first-order chi connectivity index (χ1) is 7.38. The fourth-order valence-electron chi connectivity index (χ4n) is 2.06. The molecule has 0 aliphatic carbocycles. The predicted molar refractivity (Wildman–Crippen MR) is 59.7 cm³/mol. The lowest BCUT2D eigenvalue weighted by atomic mass is 10.1. The Labute approximate surface area is 90.7 Å². The maximum absolute atomic E-state index is 8.80. The van der Waals surface area contributed by atoms with Crippen molar-refractivity contribution in [3.05, 3.63) is 35.9 Å². The average Bonchev–Trinajstić information content (AvgIpc) is 2.31. The summed E-state index contributed by atoms with van der Waals surface area (Å²) in [5.41, 5.74) is 3.73. The quantitative estimate of drug-likeness (QED) is 0.738. The zero-order valence-electron chi connectivity index (χ0n) is 8.89. The highest BCUT2D eigenvalue weighted by Gasteiger charge is 2.17. The molecule has 1 aliphatic rings. The first kappa shape index (κ1) is 10.6. The number of hydrogen-bond acceptors (Lipinski definition) is 3. The number of nitrogens with one attached hydrogen (secondary N) is 1. The lowest BCUT2D eigenvalue weighted by Crippen LogP contribution is -2.40. The van der Waals surface area contributed by atoms with Gasteiger partial charge in [-0.3, -0.25) is 4.90 Å². The first-order valence-corrected chi connectivity index (χ1v) is 5.54. The summed E-state index contributed by atoms with van der Waals surface area (Å²) < 4.78 is 0. The van der Waals surface area contributed by atoms with Crippen molar-refractivity contribution in [2.24, 2.45) is 0 Å². The Hall–Kier alpha value is -0.900. The van der Waals surface area contributed by atoms with E-state index in [1.165, 1.54) is 5.56 Å². The Bertz CT molecular complexity index is 281. The highest BCUT2D eigenvalue weighted by atomic mass is 16.5. The number of nitrogens with zero attached hydrogens (tertiary/aromatic N) is 1. The van der Waals surface area contributed by atoms with Crippen LogP contribution in [-0.4, -0.2) is 29.2 Å². The molecule has 1 aromatic rings. The van der Waals surface area contributed by atoms with Crippen LogP contribution in [0.5, 0.6) is 0 Å². The maximum Gasteiger partial charge on any atom is 0.0344 e. The van der Waals surface area contributed by atoms with E-state index in [-0.39, 0.29) is 6.04 Å². The zero-order chi connectivity index (χ0) is 10.5. The molecule has 0 saturated carbocycles. The summed E-state index contributed by atoms with van der Waals surface area (Å²) in [6, 6.07) is 10.8. The molecular weight excluding hydrogens is 188 g/mol. The molecule has 2 N–H and O–H groups in total. The van der Waals surface area contributed by atoms with Gasteiger partial charge < -0.3 is 5.21 Å². The van der Waals surface area contributed by atoms with Crippen molar-refractivity contribution in [3.8, 4) is 0 Å². The van der Waals surface area contributed by atoms with E-state index in [1.54, 1.807) is 0 Å². The fourth-order valence-corrected chi connectivity index (χ4v) is 2.06. The van der Waals surface area contributed by atoms with Gasteiger partial charge in [0.1, 0.15) is 0 Å². The lowest BCUT2D eigenvalue weighted by Gasteiger charge is -2.31. The van der Waals surface area contributed by atoms with Gasteiger partial charge >= 0.3 is 0 Å². The summed E-state index contributed by atoms with van der Waals surface area (Å²) in [7, 11) is 0. The monoisotopic (exact) mass is 206 g/mol. The maximum atomic E-state index is 8.80. The molecule has 0 spiro atoms. The molecule has 82 valence electrons. The fraction of sp³-hybridized carbons (Fsp3) is 0.500. The van der Waals surface area contributed by atoms with Crippen molar-refractivity contribution in [2.75, 3.05) is 13.1 Å². The summed E-state index contributed by atoms with van der Waals surface area (Å²) in [5, 5.41) is 8.80. The van der Waals surface area contributed by atoms with E-state index in [1.807, 2.05) is 6.07 Å². The number of piperidine rings is 1. The number of likely N-dealkylation sites (tertiary alicyclic amines) is 1. The topological polar surface area (TPSA) is 35.5 Å². The van der Waals surface area contributed by atoms with Crippen LogP contribution in [0.3, 0.4) is 0 Å². The van der Waals surface area contributed by atoms with Crippen molar-refractivity contribution >= 4 is 0 Å². The van der Waals surface area contributed by atoms with Crippen LogP contribution >= 0.6 is 0 Å². The third kappa shape index (κ3) is 3.02. The normalized spacial score (nSPS) is 19.3. The van der Waals surface area contributed by atoms with Crippen molar-refractivity contribution in [1.82, 2.24) is 10.4 Å². The van der Waals surface area contributed by atoms with E-state index >= 15 is 0 Å². The van der Waals surface area contributed by atoms with Crippen molar-refractivity contribution in [1.29, 1.82) is 0 Å². The molecule has 0 aromatic heterocycles. The standard InChI is InChI=1S/C12H18N2O/c15-13-12-6-8-14(9-7-12)10-11-4-2-1-3-5-11/h1-5,12-13,15H,6-10H2. The van der Waals surface area contributed by atoms with E-state index in [0.717, 1.165) is 32.5 Å². The van der Waals surface area contributed by atoms with Gasteiger partial charge in [-0.2, -0.15) is 0 Å². The number of hydrogen-bond donors (Lipinski definition) is 2. The molecule has 3 heteroatoms. The summed E-state index contributed by atoms with van der Waals surface area (Å²) in [5.74, 6) is 0. The summed E-state index contributed by atoms with van der Waals surface area (Å²) in [6.07, 6.45) is 2.06. The van der Waals surface area contributed by atoms with E-state index in [0.29, 0.717) is 0 Å². The smallest absolute Gasteiger partial charge is 0.0344 e. The molecule has 15 heavy (non-hydrogen) atoms. The largest absolute Gasteiger partial charge is 0.317 e. The SMILES string of the molecule is ONC1CCN(Cc2ccccc2)CC1. The molecule has 2 rings (SSSR count). The molecule has 1 aliphatic heterocycles. The number of rotatable bonds is 3. The van der Waals surface area contributed by atoms with Gasteiger partial charge in [0.05, 0.1) is 0 Å². The third-order valence-corrected chi connectivity index (χ3v) is 3.02. The minimum atomic E-state index is 0.289. The van der Waals surface area contributed by atoms with Gasteiger partial charge in [0.25, 0.3) is 0 Å². The van der Waals surface area contributed by atoms with E-state index in [9.17, 15) is 0 Å². The molecular formula is C12H18N2O. The molecule has 1 fully saturated rings. The van der Waals surface area contributed by atoms with Crippen LogP contribution in [0, 0.1) is 0 Å². The molecule has 0 amide bonds. The van der Waals surface area contributed by atoms with Crippen molar-refractivity contribution in [3.63, 3.8) is 0 Å². The Balaban J connectivity index is 1.82.